The fourth-order valence-electron chi connectivity index (χ4n) is 2.90. The van der Waals surface area contributed by atoms with Crippen LogP contribution < -0.4 is 5.73 Å². The zero-order valence-electron chi connectivity index (χ0n) is 10.2. The molecule has 1 heterocycles. The summed E-state index contributed by atoms with van der Waals surface area (Å²) in [6.45, 7) is 2.50. The minimum atomic E-state index is 0.0243. The van der Waals surface area contributed by atoms with Gasteiger partial charge in [-0.1, -0.05) is 12.8 Å². The molecular weight excluding hydrogens is 202 g/mol. The van der Waals surface area contributed by atoms with Crippen molar-refractivity contribution in [1.29, 1.82) is 0 Å². The number of hydrogen-bond donors (Lipinski definition) is 1. The van der Waals surface area contributed by atoms with Crippen molar-refractivity contribution in [3.05, 3.63) is 0 Å². The summed E-state index contributed by atoms with van der Waals surface area (Å²) in [6.07, 6.45) is 10.1. The fraction of sp³-hybridized carbons (Fsp3) is 1.00. The van der Waals surface area contributed by atoms with E-state index in [-0.39, 0.29) is 5.60 Å². The summed E-state index contributed by atoms with van der Waals surface area (Å²) in [4.78, 5) is 0. The van der Waals surface area contributed by atoms with Gasteiger partial charge in [0.05, 0.1) is 11.7 Å². The van der Waals surface area contributed by atoms with Crippen LogP contribution in [0, 0.1) is 0 Å². The number of ether oxygens (including phenoxy) is 2. The molecule has 0 aromatic rings. The summed E-state index contributed by atoms with van der Waals surface area (Å²) in [5.74, 6) is 0. The van der Waals surface area contributed by atoms with Gasteiger partial charge >= 0.3 is 0 Å². The predicted octanol–water partition coefficient (Wildman–Crippen LogP) is 2.23. The quantitative estimate of drug-likeness (QED) is 0.708. The molecule has 1 saturated carbocycles. The second kappa shape index (κ2) is 5.99. The van der Waals surface area contributed by atoms with E-state index in [0.29, 0.717) is 12.6 Å². The van der Waals surface area contributed by atoms with Crippen LogP contribution in [0.15, 0.2) is 0 Å². The van der Waals surface area contributed by atoms with Crippen LogP contribution in [0.4, 0.5) is 0 Å². The van der Waals surface area contributed by atoms with Gasteiger partial charge in [-0.2, -0.15) is 0 Å². The smallest absolute Gasteiger partial charge is 0.0804 e. The molecule has 2 N–H and O–H groups in total. The number of nitrogens with two attached hydrogens (primary N) is 1. The van der Waals surface area contributed by atoms with Crippen molar-refractivity contribution in [3.8, 4) is 0 Å². The van der Waals surface area contributed by atoms with Gasteiger partial charge in [0.1, 0.15) is 0 Å². The summed E-state index contributed by atoms with van der Waals surface area (Å²) in [6, 6.07) is 0. The molecule has 3 heteroatoms. The SMILES string of the molecule is NCC1(OCCCC2CCCO2)CCCC1. The molecule has 2 rings (SSSR count). The van der Waals surface area contributed by atoms with E-state index < -0.39 is 0 Å². The Bertz CT molecular complexity index is 196. The molecule has 1 atom stereocenters. The van der Waals surface area contributed by atoms with Crippen LogP contribution in [0.25, 0.3) is 0 Å². The maximum Gasteiger partial charge on any atom is 0.0804 e. The van der Waals surface area contributed by atoms with E-state index in [1.165, 1.54) is 25.7 Å². The molecule has 2 aliphatic rings. The first kappa shape index (κ1) is 12.3. The normalized spacial score (nSPS) is 28.7. The van der Waals surface area contributed by atoms with Crippen LogP contribution in [0.1, 0.15) is 51.4 Å². The highest BCUT2D eigenvalue weighted by Gasteiger charge is 2.33. The van der Waals surface area contributed by atoms with Crippen LogP contribution >= 0.6 is 0 Å². The second-order valence-corrected chi connectivity index (χ2v) is 5.22. The number of hydrogen-bond acceptors (Lipinski definition) is 3. The van der Waals surface area contributed by atoms with Crippen LogP contribution in [-0.2, 0) is 9.47 Å². The Hall–Kier alpha value is -0.120. The molecule has 2 fully saturated rings. The summed E-state index contributed by atoms with van der Waals surface area (Å²) in [5.41, 5.74) is 5.85. The highest BCUT2D eigenvalue weighted by atomic mass is 16.5. The van der Waals surface area contributed by atoms with E-state index in [0.717, 1.165) is 38.9 Å². The van der Waals surface area contributed by atoms with Gasteiger partial charge in [-0.05, 0) is 38.5 Å². The topological polar surface area (TPSA) is 44.5 Å². The molecule has 0 radical (unpaired) electrons. The molecule has 0 aromatic heterocycles. The molecule has 1 unspecified atom stereocenters. The highest BCUT2D eigenvalue weighted by Crippen LogP contribution is 2.32. The van der Waals surface area contributed by atoms with Crippen molar-refractivity contribution in [3.63, 3.8) is 0 Å². The molecule has 3 nitrogen and oxygen atoms in total. The lowest BCUT2D eigenvalue weighted by atomic mass is 10.0. The zero-order chi connectivity index (χ0) is 11.3. The molecule has 0 bridgehead atoms. The first-order valence-corrected chi connectivity index (χ1v) is 6.80. The highest BCUT2D eigenvalue weighted by molar-refractivity contribution is 4.87. The van der Waals surface area contributed by atoms with Crippen LogP contribution in [-0.4, -0.2) is 31.5 Å². The zero-order valence-corrected chi connectivity index (χ0v) is 10.2. The average molecular weight is 227 g/mol. The molecule has 0 aromatic carbocycles. The first-order valence-electron chi connectivity index (χ1n) is 6.80. The van der Waals surface area contributed by atoms with E-state index in [4.69, 9.17) is 15.2 Å². The summed E-state index contributed by atoms with van der Waals surface area (Å²) < 4.78 is 11.6. The average Bonchev–Trinajstić information content (AvgIpc) is 2.97. The van der Waals surface area contributed by atoms with E-state index in [2.05, 4.69) is 0 Å². The molecule has 0 amide bonds. The molecule has 0 spiro atoms. The molecular formula is C13H25NO2. The molecule has 94 valence electrons. The lowest BCUT2D eigenvalue weighted by Gasteiger charge is -2.27. The largest absolute Gasteiger partial charge is 0.378 e. The predicted molar refractivity (Wildman–Crippen MR) is 64.4 cm³/mol. The Morgan fingerprint density at radius 2 is 2.06 bits per heavy atom. The van der Waals surface area contributed by atoms with Crippen molar-refractivity contribution < 1.29 is 9.47 Å². The standard InChI is InChI=1S/C13H25NO2/c14-11-13(7-1-2-8-13)16-10-4-6-12-5-3-9-15-12/h12H,1-11,14H2. The van der Waals surface area contributed by atoms with E-state index >= 15 is 0 Å². The maximum atomic E-state index is 6.02. The van der Waals surface area contributed by atoms with E-state index in [9.17, 15) is 0 Å². The fourth-order valence-corrected chi connectivity index (χ4v) is 2.90. The van der Waals surface area contributed by atoms with Crippen molar-refractivity contribution in [1.82, 2.24) is 0 Å². The Kier molecular flexibility index (Phi) is 4.62. The first-order chi connectivity index (χ1) is 7.85. The Balaban J connectivity index is 1.59. The van der Waals surface area contributed by atoms with Gasteiger partial charge in [0.25, 0.3) is 0 Å². The maximum absolute atomic E-state index is 6.02. The summed E-state index contributed by atoms with van der Waals surface area (Å²) in [7, 11) is 0. The minimum Gasteiger partial charge on any atom is -0.378 e. The van der Waals surface area contributed by atoms with Gasteiger partial charge in [-0.3, -0.25) is 0 Å². The third kappa shape index (κ3) is 3.19. The third-order valence-electron chi connectivity index (χ3n) is 3.99. The number of rotatable bonds is 6. The Morgan fingerprint density at radius 1 is 1.25 bits per heavy atom. The minimum absolute atomic E-state index is 0.0243. The molecule has 1 saturated heterocycles. The van der Waals surface area contributed by atoms with E-state index in [1.807, 2.05) is 0 Å². The van der Waals surface area contributed by atoms with Gasteiger partial charge < -0.3 is 15.2 Å². The van der Waals surface area contributed by atoms with Crippen LogP contribution in [0.5, 0.6) is 0 Å². The molecule has 1 aliphatic carbocycles. The van der Waals surface area contributed by atoms with Gasteiger partial charge in [0.15, 0.2) is 0 Å². The summed E-state index contributed by atoms with van der Waals surface area (Å²) in [5, 5.41) is 0. The lowest BCUT2D eigenvalue weighted by molar-refractivity contribution is -0.0384. The van der Waals surface area contributed by atoms with Gasteiger partial charge in [0.2, 0.25) is 0 Å². The van der Waals surface area contributed by atoms with Crippen molar-refractivity contribution in [2.24, 2.45) is 5.73 Å². The lowest BCUT2D eigenvalue weighted by Crippen LogP contribution is -2.38. The Morgan fingerprint density at radius 3 is 2.69 bits per heavy atom. The molecule has 16 heavy (non-hydrogen) atoms. The van der Waals surface area contributed by atoms with Crippen molar-refractivity contribution >= 4 is 0 Å². The van der Waals surface area contributed by atoms with Gasteiger partial charge in [-0.25, -0.2) is 0 Å². The van der Waals surface area contributed by atoms with Gasteiger partial charge in [0, 0.05) is 19.8 Å². The van der Waals surface area contributed by atoms with Gasteiger partial charge in [-0.15, -0.1) is 0 Å². The van der Waals surface area contributed by atoms with Crippen molar-refractivity contribution in [2.45, 2.75) is 63.1 Å². The Labute approximate surface area is 98.7 Å². The van der Waals surface area contributed by atoms with Crippen LogP contribution in [0.2, 0.25) is 0 Å². The third-order valence-corrected chi connectivity index (χ3v) is 3.99. The summed E-state index contributed by atoms with van der Waals surface area (Å²) >= 11 is 0. The van der Waals surface area contributed by atoms with Crippen molar-refractivity contribution in [2.75, 3.05) is 19.8 Å². The monoisotopic (exact) mass is 227 g/mol. The van der Waals surface area contributed by atoms with E-state index in [1.54, 1.807) is 0 Å². The molecule has 1 aliphatic heterocycles. The second-order valence-electron chi connectivity index (χ2n) is 5.22. The van der Waals surface area contributed by atoms with Crippen LogP contribution in [0.3, 0.4) is 0 Å².